The molecule has 1 aliphatic heterocycles. The van der Waals surface area contributed by atoms with E-state index in [9.17, 15) is 9.59 Å². The Bertz CT molecular complexity index is 1020. The lowest BCUT2D eigenvalue weighted by Gasteiger charge is -2.05. The third-order valence-electron chi connectivity index (χ3n) is 3.78. The SMILES string of the molecule is CC(=O)Nc1ccc2c(c1)C(=Cc1ccc3[nH]nnc3c1)C(=O)N2. The van der Waals surface area contributed by atoms with E-state index in [4.69, 9.17) is 0 Å². The van der Waals surface area contributed by atoms with Gasteiger partial charge in [0.2, 0.25) is 5.91 Å². The predicted octanol–water partition coefficient (Wildman–Crippen LogP) is 2.41. The first kappa shape index (κ1) is 14.1. The highest BCUT2D eigenvalue weighted by Gasteiger charge is 2.24. The Morgan fingerprint density at radius 2 is 2.08 bits per heavy atom. The number of fused-ring (bicyclic) bond motifs is 2. The third-order valence-corrected chi connectivity index (χ3v) is 3.78. The first-order valence-electron chi connectivity index (χ1n) is 7.36. The lowest BCUT2D eigenvalue weighted by Crippen LogP contribution is -2.05. The number of hydrogen-bond acceptors (Lipinski definition) is 4. The van der Waals surface area contributed by atoms with E-state index in [0.29, 0.717) is 11.3 Å². The van der Waals surface area contributed by atoms with Crippen molar-refractivity contribution in [1.82, 2.24) is 15.4 Å². The Morgan fingerprint density at radius 1 is 1.21 bits per heavy atom. The van der Waals surface area contributed by atoms with E-state index in [1.807, 2.05) is 18.2 Å². The van der Waals surface area contributed by atoms with Crippen molar-refractivity contribution in [1.29, 1.82) is 0 Å². The van der Waals surface area contributed by atoms with Gasteiger partial charge in [-0.25, -0.2) is 0 Å². The average Bonchev–Trinajstić information content (AvgIpc) is 3.12. The Balaban J connectivity index is 1.78. The maximum absolute atomic E-state index is 12.3. The topological polar surface area (TPSA) is 99.8 Å². The average molecular weight is 319 g/mol. The number of rotatable bonds is 2. The van der Waals surface area contributed by atoms with Crippen molar-refractivity contribution in [2.24, 2.45) is 0 Å². The second kappa shape index (κ2) is 5.31. The van der Waals surface area contributed by atoms with Gasteiger partial charge >= 0.3 is 0 Å². The highest BCUT2D eigenvalue weighted by Crippen LogP contribution is 2.35. The van der Waals surface area contributed by atoms with E-state index in [0.717, 1.165) is 27.8 Å². The number of benzene rings is 2. The van der Waals surface area contributed by atoms with Crippen LogP contribution in [0.1, 0.15) is 18.1 Å². The van der Waals surface area contributed by atoms with Gasteiger partial charge in [0.15, 0.2) is 0 Å². The number of anilines is 2. The zero-order valence-corrected chi connectivity index (χ0v) is 12.8. The lowest BCUT2D eigenvalue weighted by atomic mass is 10.0. The molecule has 0 aliphatic carbocycles. The maximum Gasteiger partial charge on any atom is 0.256 e. The number of hydrogen-bond donors (Lipinski definition) is 3. The molecule has 3 N–H and O–H groups in total. The molecule has 2 aromatic carbocycles. The second-order valence-corrected chi connectivity index (χ2v) is 5.54. The highest BCUT2D eigenvalue weighted by molar-refractivity contribution is 6.35. The molecule has 0 saturated heterocycles. The zero-order chi connectivity index (χ0) is 16.7. The predicted molar refractivity (Wildman–Crippen MR) is 91.1 cm³/mol. The standard InChI is InChI=1S/C17H13N5O2/c1-9(23)18-11-3-5-14-12(8-11)13(17(24)19-14)6-10-2-4-15-16(7-10)21-22-20-15/h2-8H,1H3,(H,18,23)(H,19,24)(H,20,21,22). The first-order chi connectivity index (χ1) is 11.6. The summed E-state index contributed by atoms with van der Waals surface area (Å²) in [5, 5.41) is 16.1. The summed E-state index contributed by atoms with van der Waals surface area (Å²) in [6, 6.07) is 10.9. The molecule has 118 valence electrons. The van der Waals surface area contributed by atoms with Gasteiger partial charge in [-0.2, -0.15) is 0 Å². The van der Waals surface area contributed by atoms with Crippen LogP contribution in [0.2, 0.25) is 0 Å². The van der Waals surface area contributed by atoms with E-state index >= 15 is 0 Å². The summed E-state index contributed by atoms with van der Waals surface area (Å²) >= 11 is 0. The van der Waals surface area contributed by atoms with Crippen LogP contribution in [0, 0.1) is 0 Å². The molecule has 1 aromatic heterocycles. The minimum absolute atomic E-state index is 0.158. The molecule has 3 aromatic rings. The second-order valence-electron chi connectivity index (χ2n) is 5.54. The van der Waals surface area contributed by atoms with E-state index in [2.05, 4.69) is 26.0 Å². The van der Waals surface area contributed by atoms with Gasteiger partial charge < -0.3 is 10.6 Å². The summed E-state index contributed by atoms with van der Waals surface area (Å²) < 4.78 is 0. The van der Waals surface area contributed by atoms with Crippen LogP contribution < -0.4 is 10.6 Å². The molecule has 0 radical (unpaired) electrons. The zero-order valence-electron chi connectivity index (χ0n) is 12.8. The number of nitrogens with one attached hydrogen (secondary N) is 3. The molecule has 0 atom stereocenters. The van der Waals surface area contributed by atoms with Crippen LogP contribution in [-0.4, -0.2) is 27.2 Å². The molecule has 24 heavy (non-hydrogen) atoms. The van der Waals surface area contributed by atoms with Gasteiger partial charge in [-0.15, -0.1) is 5.10 Å². The van der Waals surface area contributed by atoms with Crippen LogP contribution in [0.15, 0.2) is 36.4 Å². The van der Waals surface area contributed by atoms with Crippen LogP contribution in [0.3, 0.4) is 0 Å². The number of carbonyl (C=O) groups is 2. The Hall–Kier alpha value is -3.48. The molecule has 1 aliphatic rings. The molecule has 0 saturated carbocycles. The number of aromatic nitrogens is 3. The summed E-state index contributed by atoms with van der Waals surface area (Å²) in [5.74, 6) is -0.334. The summed E-state index contributed by atoms with van der Waals surface area (Å²) in [6.07, 6.45) is 1.80. The molecule has 7 heteroatoms. The Kier molecular flexibility index (Phi) is 3.13. The van der Waals surface area contributed by atoms with Gasteiger partial charge in [0, 0.05) is 29.4 Å². The molecule has 0 spiro atoms. The third kappa shape index (κ3) is 2.41. The van der Waals surface area contributed by atoms with Gasteiger partial charge in [0.05, 0.1) is 5.52 Å². The molecular formula is C17H13N5O2. The number of H-pyrrole nitrogens is 1. The molecule has 0 bridgehead atoms. The number of nitrogens with zero attached hydrogens (tertiary/aromatic N) is 2. The Morgan fingerprint density at radius 3 is 2.92 bits per heavy atom. The first-order valence-corrected chi connectivity index (χ1v) is 7.36. The molecule has 7 nitrogen and oxygen atoms in total. The van der Waals surface area contributed by atoms with Crippen LogP contribution in [0.4, 0.5) is 11.4 Å². The van der Waals surface area contributed by atoms with E-state index < -0.39 is 0 Å². The van der Waals surface area contributed by atoms with Crippen LogP contribution >= 0.6 is 0 Å². The normalized spacial score (nSPS) is 14.7. The minimum atomic E-state index is -0.176. The fourth-order valence-corrected chi connectivity index (χ4v) is 2.73. The van der Waals surface area contributed by atoms with Gasteiger partial charge in [-0.1, -0.05) is 11.3 Å². The number of carbonyl (C=O) groups excluding carboxylic acids is 2. The van der Waals surface area contributed by atoms with Crippen molar-refractivity contribution < 1.29 is 9.59 Å². The fraction of sp³-hybridized carbons (Fsp3) is 0.0588. The maximum atomic E-state index is 12.3. The molecule has 2 amide bonds. The number of amides is 2. The monoisotopic (exact) mass is 319 g/mol. The molecular weight excluding hydrogens is 306 g/mol. The Labute approximate surface area is 136 Å². The van der Waals surface area contributed by atoms with E-state index in [1.165, 1.54) is 6.92 Å². The van der Waals surface area contributed by atoms with Crippen molar-refractivity contribution in [3.8, 4) is 0 Å². The quantitative estimate of drug-likeness (QED) is 0.631. The van der Waals surface area contributed by atoms with Gasteiger partial charge in [-0.3, -0.25) is 14.7 Å². The largest absolute Gasteiger partial charge is 0.326 e. The van der Waals surface area contributed by atoms with Crippen molar-refractivity contribution in [3.05, 3.63) is 47.5 Å². The van der Waals surface area contributed by atoms with Crippen LogP contribution in [0.25, 0.3) is 22.7 Å². The van der Waals surface area contributed by atoms with Crippen molar-refractivity contribution >= 4 is 45.9 Å². The lowest BCUT2D eigenvalue weighted by molar-refractivity contribution is -0.114. The summed E-state index contributed by atoms with van der Waals surface area (Å²) in [5.41, 5.74) is 5.08. The van der Waals surface area contributed by atoms with Gasteiger partial charge in [-0.05, 0) is 42.0 Å². The summed E-state index contributed by atoms with van der Waals surface area (Å²) in [7, 11) is 0. The molecule has 0 fully saturated rings. The van der Waals surface area contributed by atoms with Crippen molar-refractivity contribution in [2.75, 3.05) is 10.6 Å². The van der Waals surface area contributed by atoms with E-state index in [-0.39, 0.29) is 11.8 Å². The van der Waals surface area contributed by atoms with Crippen LogP contribution in [-0.2, 0) is 9.59 Å². The van der Waals surface area contributed by atoms with Crippen molar-refractivity contribution in [3.63, 3.8) is 0 Å². The smallest absolute Gasteiger partial charge is 0.256 e. The summed E-state index contributed by atoms with van der Waals surface area (Å²) in [4.78, 5) is 23.5. The van der Waals surface area contributed by atoms with Crippen molar-refractivity contribution in [2.45, 2.75) is 6.92 Å². The fourth-order valence-electron chi connectivity index (χ4n) is 2.73. The molecule has 0 unspecified atom stereocenters. The highest BCUT2D eigenvalue weighted by atomic mass is 16.2. The van der Waals surface area contributed by atoms with Gasteiger partial charge in [0.1, 0.15) is 5.52 Å². The minimum Gasteiger partial charge on any atom is -0.326 e. The number of aromatic amines is 1. The summed E-state index contributed by atoms with van der Waals surface area (Å²) in [6.45, 7) is 1.44. The van der Waals surface area contributed by atoms with Crippen LogP contribution in [0.5, 0.6) is 0 Å². The van der Waals surface area contributed by atoms with Gasteiger partial charge in [0.25, 0.3) is 5.91 Å². The van der Waals surface area contributed by atoms with E-state index in [1.54, 1.807) is 24.3 Å². The molecule has 2 heterocycles. The molecule has 4 rings (SSSR count).